The van der Waals surface area contributed by atoms with Crippen molar-refractivity contribution in [2.45, 2.75) is 13.1 Å². The monoisotopic (exact) mass is 358 g/mol. The highest BCUT2D eigenvalue weighted by atomic mass is 19.4. The molecule has 0 unspecified atom stereocenters. The van der Waals surface area contributed by atoms with Crippen LogP contribution in [-0.2, 0) is 6.18 Å². The summed E-state index contributed by atoms with van der Waals surface area (Å²) in [6, 6.07) is 8.57. The Bertz CT molecular complexity index is 1020. The minimum Gasteiger partial charge on any atom is -0.291 e. The van der Waals surface area contributed by atoms with Crippen LogP contribution in [0, 0.1) is 6.92 Å². The summed E-state index contributed by atoms with van der Waals surface area (Å²) in [5.41, 5.74) is 1.19. The number of fused-ring (bicyclic) bond motifs is 1. The Morgan fingerprint density at radius 3 is 2.58 bits per heavy atom. The number of imidazole rings is 1. The van der Waals surface area contributed by atoms with E-state index < -0.39 is 11.7 Å². The van der Waals surface area contributed by atoms with Gasteiger partial charge >= 0.3 is 6.18 Å². The van der Waals surface area contributed by atoms with Gasteiger partial charge in [0.25, 0.3) is 0 Å². The fourth-order valence-electron chi connectivity index (χ4n) is 2.83. The second kappa shape index (κ2) is 5.94. The normalized spacial score (nSPS) is 14.8. The van der Waals surface area contributed by atoms with Gasteiger partial charge in [0.05, 0.1) is 11.1 Å². The van der Waals surface area contributed by atoms with Gasteiger partial charge in [-0.1, -0.05) is 0 Å². The van der Waals surface area contributed by atoms with Crippen LogP contribution in [0.15, 0.2) is 52.6 Å². The van der Waals surface area contributed by atoms with Crippen LogP contribution in [-0.4, -0.2) is 33.5 Å². The van der Waals surface area contributed by atoms with Gasteiger partial charge in [0.2, 0.25) is 5.96 Å². The molecule has 0 saturated heterocycles. The number of rotatable bonds is 1. The molecule has 0 saturated carbocycles. The third-order valence-electron chi connectivity index (χ3n) is 4.02. The number of hydrogen-bond acceptors (Lipinski definition) is 5. The van der Waals surface area contributed by atoms with Crippen molar-refractivity contribution in [3.8, 4) is 0 Å². The lowest BCUT2D eigenvalue weighted by Gasteiger charge is -2.27. The maximum Gasteiger partial charge on any atom is 0.416 e. The molecule has 3 aromatic rings. The second-order valence-electron chi connectivity index (χ2n) is 5.68. The van der Waals surface area contributed by atoms with E-state index in [4.69, 9.17) is 0 Å². The Morgan fingerprint density at radius 2 is 1.85 bits per heavy atom. The van der Waals surface area contributed by atoms with Crippen molar-refractivity contribution in [2.75, 3.05) is 11.6 Å². The molecule has 6 nitrogen and oxygen atoms in total. The number of anilines is 1. The fraction of sp³-hybridized carbons (Fsp3) is 0.176. The van der Waals surface area contributed by atoms with E-state index >= 15 is 0 Å². The molecule has 0 amide bonds. The lowest BCUT2D eigenvalue weighted by atomic mass is 10.2. The van der Waals surface area contributed by atoms with Crippen LogP contribution in [0.1, 0.15) is 11.4 Å². The number of aliphatic imine (C=N–C) groups is 2. The third-order valence-corrected chi connectivity index (χ3v) is 4.02. The van der Waals surface area contributed by atoms with Gasteiger partial charge in [-0.05, 0) is 43.3 Å². The molecule has 132 valence electrons. The van der Waals surface area contributed by atoms with Crippen molar-refractivity contribution in [1.82, 2.24) is 14.5 Å². The zero-order valence-electron chi connectivity index (χ0n) is 13.6. The lowest BCUT2D eigenvalue weighted by molar-refractivity contribution is -0.137. The van der Waals surface area contributed by atoms with E-state index in [9.17, 15) is 13.2 Å². The Kier molecular flexibility index (Phi) is 3.71. The summed E-state index contributed by atoms with van der Waals surface area (Å²) < 4.78 is 40.2. The molecule has 2 aromatic heterocycles. The molecular weight excluding hydrogens is 345 g/mol. The van der Waals surface area contributed by atoms with Gasteiger partial charge in [-0.3, -0.25) is 14.5 Å². The average Bonchev–Trinajstić information content (AvgIpc) is 2.97. The first kappa shape index (κ1) is 16.2. The molecule has 0 spiro atoms. The maximum atomic E-state index is 12.8. The molecule has 0 atom stereocenters. The van der Waals surface area contributed by atoms with Gasteiger partial charge in [0, 0.05) is 11.9 Å². The van der Waals surface area contributed by atoms with Crippen LogP contribution in [0.25, 0.3) is 11.2 Å². The van der Waals surface area contributed by atoms with Crippen LogP contribution in [0.4, 0.5) is 18.9 Å². The summed E-state index contributed by atoms with van der Waals surface area (Å²) in [6.45, 7) is 2.06. The summed E-state index contributed by atoms with van der Waals surface area (Å²) in [5.74, 6) is 1.18. The van der Waals surface area contributed by atoms with Gasteiger partial charge in [0.15, 0.2) is 5.65 Å². The highest BCUT2D eigenvalue weighted by molar-refractivity contribution is 6.06. The number of aromatic nitrogens is 3. The van der Waals surface area contributed by atoms with Gasteiger partial charge in [-0.25, -0.2) is 15.0 Å². The van der Waals surface area contributed by atoms with Crippen molar-refractivity contribution in [2.24, 2.45) is 9.98 Å². The van der Waals surface area contributed by atoms with Crippen LogP contribution in [0.3, 0.4) is 0 Å². The molecule has 1 aromatic carbocycles. The number of alkyl halides is 3. The van der Waals surface area contributed by atoms with Gasteiger partial charge in [0.1, 0.15) is 18.8 Å². The van der Waals surface area contributed by atoms with E-state index in [0.717, 1.165) is 17.6 Å². The molecule has 9 heteroatoms. The highest BCUT2D eigenvalue weighted by Crippen LogP contribution is 2.31. The zero-order valence-corrected chi connectivity index (χ0v) is 13.6. The molecular formula is C17H13F3N6. The van der Waals surface area contributed by atoms with Gasteiger partial charge < -0.3 is 0 Å². The Morgan fingerprint density at radius 1 is 1.08 bits per heavy atom. The Labute approximate surface area is 146 Å². The van der Waals surface area contributed by atoms with Crippen molar-refractivity contribution in [3.05, 3.63) is 54.0 Å². The van der Waals surface area contributed by atoms with Crippen molar-refractivity contribution in [3.63, 3.8) is 0 Å². The van der Waals surface area contributed by atoms with Crippen LogP contribution in [0.2, 0.25) is 0 Å². The van der Waals surface area contributed by atoms with E-state index in [1.54, 1.807) is 17.2 Å². The summed E-state index contributed by atoms with van der Waals surface area (Å²) in [7, 11) is 0. The van der Waals surface area contributed by atoms with Crippen LogP contribution >= 0.6 is 0 Å². The van der Waals surface area contributed by atoms with Crippen LogP contribution in [0.5, 0.6) is 0 Å². The first-order chi connectivity index (χ1) is 12.4. The van der Waals surface area contributed by atoms with Crippen molar-refractivity contribution in [1.29, 1.82) is 0 Å². The molecule has 1 aliphatic heterocycles. The van der Waals surface area contributed by atoms with Crippen LogP contribution < -0.4 is 4.90 Å². The SMILES string of the molecule is Cc1nc2ncccc2n1C1=NC=NCN1c1ccc(C(F)(F)F)cc1. The molecule has 1 aliphatic rings. The number of aryl methyl sites for hydroxylation is 1. The number of pyridine rings is 1. The molecule has 26 heavy (non-hydrogen) atoms. The topological polar surface area (TPSA) is 58.7 Å². The largest absolute Gasteiger partial charge is 0.416 e. The smallest absolute Gasteiger partial charge is 0.291 e. The van der Waals surface area contributed by atoms with Crippen molar-refractivity contribution >= 4 is 29.1 Å². The average molecular weight is 358 g/mol. The van der Waals surface area contributed by atoms with E-state index in [1.165, 1.54) is 18.5 Å². The predicted molar refractivity (Wildman–Crippen MR) is 92.4 cm³/mol. The Hall–Kier alpha value is -3.23. The zero-order chi connectivity index (χ0) is 18.3. The number of benzene rings is 1. The van der Waals surface area contributed by atoms with Gasteiger partial charge in [-0.2, -0.15) is 13.2 Å². The predicted octanol–water partition coefficient (Wildman–Crippen LogP) is 3.47. The Balaban J connectivity index is 1.79. The standard InChI is InChI=1S/C17H13F3N6/c1-11-24-15-14(3-2-8-22-15)26(11)16-23-9-21-10-25(16)13-6-4-12(5-7-13)17(18,19)20/h2-9H,10H2,1H3. The van der Waals surface area contributed by atoms with E-state index in [0.29, 0.717) is 23.1 Å². The molecule has 4 rings (SSSR count). The number of nitrogens with zero attached hydrogens (tertiary/aromatic N) is 6. The maximum absolute atomic E-state index is 12.8. The first-order valence-electron chi connectivity index (χ1n) is 7.76. The summed E-state index contributed by atoms with van der Waals surface area (Å²) in [5, 5.41) is 0. The fourth-order valence-corrected chi connectivity index (χ4v) is 2.83. The van der Waals surface area contributed by atoms with Gasteiger partial charge in [-0.15, -0.1) is 0 Å². The van der Waals surface area contributed by atoms with E-state index in [2.05, 4.69) is 20.0 Å². The summed E-state index contributed by atoms with van der Waals surface area (Å²) >= 11 is 0. The quantitative estimate of drug-likeness (QED) is 0.669. The molecule has 0 fully saturated rings. The lowest BCUT2D eigenvalue weighted by Crippen LogP contribution is -2.39. The van der Waals surface area contributed by atoms with Crippen molar-refractivity contribution < 1.29 is 13.2 Å². The first-order valence-corrected chi connectivity index (χ1v) is 7.76. The highest BCUT2D eigenvalue weighted by Gasteiger charge is 2.30. The molecule has 0 N–H and O–H groups in total. The molecule has 0 bridgehead atoms. The number of hydrogen-bond donors (Lipinski definition) is 0. The van der Waals surface area contributed by atoms with E-state index in [-0.39, 0.29) is 6.67 Å². The molecule has 3 heterocycles. The summed E-state index contributed by atoms with van der Waals surface area (Å²) in [4.78, 5) is 18.8. The third kappa shape index (κ3) is 2.71. The molecule has 0 aliphatic carbocycles. The minimum absolute atomic E-state index is 0.240. The summed E-state index contributed by atoms with van der Waals surface area (Å²) in [6.07, 6.45) is -1.30. The minimum atomic E-state index is -4.38. The number of halogens is 3. The van der Waals surface area contributed by atoms with E-state index in [1.807, 2.05) is 17.6 Å². The molecule has 0 radical (unpaired) electrons. The second-order valence-corrected chi connectivity index (χ2v) is 5.68.